The Bertz CT molecular complexity index is 633. The van der Waals surface area contributed by atoms with Crippen LogP contribution in [0.2, 0.25) is 0 Å². The van der Waals surface area contributed by atoms with Crippen LogP contribution in [-0.4, -0.2) is 36.7 Å². The van der Waals surface area contributed by atoms with Crippen molar-refractivity contribution in [3.63, 3.8) is 0 Å². The molecule has 1 aromatic rings. The molecule has 0 bridgehead atoms. The first-order chi connectivity index (χ1) is 9.26. The molecule has 7 nitrogen and oxygen atoms in total. The van der Waals surface area contributed by atoms with Crippen LogP contribution in [0.4, 0.5) is 0 Å². The van der Waals surface area contributed by atoms with Crippen molar-refractivity contribution in [3.05, 3.63) is 35.4 Å². The Morgan fingerprint density at radius 2 is 2.05 bits per heavy atom. The first kappa shape index (κ1) is 16.1. The predicted octanol–water partition coefficient (Wildman–Crippen LogP) is -0.188. The number of hydrogen-bond donors (Lipinski definition) is 3. The lowest BCUT2D eigenvalue weighted by Crippen LogP contribution is -2.47. The summed E-state index contributed by atoms with van der Waals surface area (Å²) >= 11 is 0. The molecule has 2 atom stereocenters. The Labute approximate surface area is 116 Å². The Balaban J connectivity index is 2.96. The standard InChI is InChI=1S/C12H14N2O5S/c1-8(15)11(12(16)17)14-20(18,19)7-10-5-3-2-4-9(10)6-13/h2-5,8,11,14-15H,7H2,1H3,(H,16,17)/t8-,11+/m1/s1. The van der Waals surface area contributed by atoms with Crippen LogP contribution >= 0.6 is 0 Å². The van der Waals surface area contributed by atoms with Gasteiger partial charge in [-0.05, 0) is 18.6 Å². The molecule has 0 aliphatic rings. The van der Waals surface area contributed by atoms with Gasteiger partial charge in [0.25, 0.3) is 0 Å². The number of carboxylic acid groups (broad SMARTS) is 1. The number of aliphatic hydroxyl groups excluding tert-OH is 1. The molecule has 0 radical (unpaired) electrons. The first-order valence-electron chi connectivity index (χ1n) is 5.65. The normalized spacial score (nSPS) is 14.2. The van der Waals surface area contributed by atoms with Gasteiger partial charge in [-0.3, -0.25) is 4.79 Å². The Morgan fingerprint density at radius 3 is 2.55 bits per heavy atom. The average molecular weight is 298 g/mol. The van der Waals surface area contributed by atoms with Crippen molar-refractivity contribution in [2.24, 2.45) is 0 Å². The van der Waals surface area contributed by atoms with Crippen molar-refractivity contribution in [3.8, 4) is 6.07 Å². The molecule has 3 N–H and O–H groups in total. The number of carbonyl (C=O) groups is 1. The van der Waals surface area contributed by atoms with Crippen molar-refractivity contribution in [2.45, 2.75) is 24.8 Å². The highest BCUT2D eigenvalue weighted by molar-refractivity contribution is 7.88. The van der Waals surface area contributed by atoms with E-state index in [4.69, 9.17) is 10.4 Å². The Kier molecular flexibility index (Phi) is 5.21. The number of nitriles is 1. The maximum atomic E-state index is 11.9. The number of rotatable bonds is 6. The van der Waals surface area contributed by atoms with E-state index in [1.165, 1.54) is 19.1 Å². The molecule has 108 valence electrons. The van der Waals surface area contributed by atoms with Crippen molar-refractivity contribution in [1.82, 2.24) is 4.72 Å². The van der Waals surface area contributed by atoms with Crippen LogP contribution in [-0.2, 0) is 20.6 Å². The van der Waals surface area contributed by atoms with Crippen molar-refractivity contribution in [1.29, 1.82) is 5.26 Å². The molecule has 0 saturated carbocycles. The minimum atomic E-state index is -4.00. The van der Waals surface area contributed by atoms with Crippen LogP contribution in [0.25, 0.3) is 0 Å². The van der Waals surface area contributed by atoms with Gasteiger partial charge < -0.3 is 10.2 Å². The summed E-state index contributed by atoms with van der Waals surface area (Å²) in [5, 5.41) is 27.0. The molecule has 0 fully saturated rings. The predicted molar refractivity (Wildman–Crippen MR) is 70.0 cm³/mol. The molecule has 0 aromatic heterocycles. The fourth-order valence-corrected chi connectivity index (χ4v) is 2.98. The average Bonchev–Trinajstić information content (AvgIpc) is 2.35. The van der Waals surface area contributed by atoms with E-state index < -0.39 is 33.9 Å². The third-order valence-corrected chi connectivity index (χ3v) is 3.84. The van der Waals surface area contributed by atoms with E-state index in [0.717, 1.165) is 0 Å². The van der Waals surface area contributed by atoms with E-state index in [9.17, 15) is 18.3 Å². The summed E-state index contributed by atoms with van der Waals surface area (Å²) in [6.07, 6.45) is -1.38. The smallest absolute Gasteiger partial charge is 0.324 e. The van der Waals surface area contributed by atoms with Gasteiger partial charge in [0.2, 0.25) is 10.0 Å². The molecular formula is C12H14N2O5S. The molecule has 0 saturated heterocycles. The molecule has 0 amide bonds. The topological polar surface area (TPSA) is 127 Å². The maximum Gasteiger partial charge on any atom is 0.324 e. The van der Waals surface area contributed by atoms with Gasteiger partial charge >= 0.3 is 5.97 Å². The van der Waals surface area contributed by atoms with E-state index in [-0.39, 0.29) is 11.1 Å². The molecule has 1 rings (SSSR count). The van der Waals surface area contributed by atoms with Crippen molar-refractivity contribution in [2.75, 3.05) is 0 Å². The summed E-state index contributed by atoms with van der Waals surface area (Å²) < 4.78 is 25.7. The Hall–Kier alpha value is -1.95. The fourth-order valence-electron chi connectivity index (χ4n) is 1.55. The molecule has 8 heteroatoms. The summed E-state index contributed by atoms with van der Waals surface area (Å²) in [5.41, 5.74) is 0.457. The number of aliphatic hydroxyl groups is 1. The van der Waals surface area contributed by atoms with Gasteiger partial charge in [0.15, 0.2) is 0 Å². The number of aliphatic carboxylic acids is 1. The fraction of sp³-hybridized carbons (Fsp3) is 0.333. The number of nitrogens with zero attached hydrogens (tertiary/aromatic N) is 1. The molecule has 0 aliphatic carbocycles. The minimum absolute atomic E-state index is 0.196. The largest absolute Gasteiger partial charge is 0.480 e. The second-order valence-corrected chi connectivity index (χ2v) is 5.96. The zero-order valence-electron chi connectivity index (χ0n) is 10.6. The zero-order valence-corrected chi connectivity index (χ0v) is 11.5. The first-order valence-corrected chi connectivity index (χ1v) is 7.31. The molecular weight excluding hydrogens is 284 g/mol. The second kappa shape index (κ2) is 6.47. The third-order valence-electron chi connectivity index (χ3n) is 2.54. The second-order valence-electron chi connectivity index (χ2n) is 4.20. The molecule has 0 unspecified atom stereocenters. The monoisotopic (exact) mass is 298 g/mol. The van der Waals surface area contributed by atoms with Crippen LogP contribution < -0.4 is 4.72 Å². The van der Waals surface area contributed by atoms with Gasteiger partial charge in [0.1, 0.15) is 6.04 Å². The molecule has 0 heterocycles. The van der Waals surface area contributed by atoms with E-state index >= 15 is 0 Å². The number of carboxylic acids is 1. The van der Waals surface area contributed by atoms with Gasteiger partial charge in [-0.2, -0.15) is 9.98 Å². The summed E-state index contributed by atoms with van der Waals surface area (Å²) in [5.74, 6) is -2.01. The van der Waals surface area contributed by atoms with E-state index in [0.29, 0.717) is 0 Å². The lowest BCUT2D eigenvalue weighted by molar-refractivity contribution is -0.141. The van der Waals surface area contributed by atoms with Crippen molar-refractivity contribution < 1.29 is 23.4 Å². The van der Waals surface area contributed by atoms with E-state index in [1.54, 1.807) is 12.1 Å². The molecule has 20 heavy (non-hydrogen) atoms. The van der Waals surface area contributed by atoms with Gasteiger partial charge in [0, 0.05) is 0 Å². The van der Waals surface area contributed by atoms with Gasteiger partial charge in [0.05, 0.1) is 23.5 Å². The number of nitrogens with one attached hydrogen (secondary N) is 1. The van der Waals surface area contributed by atoms with Gasteiger partial charge in [-0.25, -0.2) is 8.42 Å². The number of benzene rings is 1. The highest BCUT2D eigenvalue weighted by Gasteiger charge is 2.28. The van der Waals surface area contributed by atoms with Crippen LogP contribution in [0.5, 0.6) is 0 Å². The highest BCUT2D eigenvalue weighted by atomic mass is 32.2. The van der Waals surface area contributed by atoms with E-state index in [2.05, 4.69) is 0 Å². The number of hydrogen-bond acceptors (Lipinski definition) is 5. The number of sulfonamides is 1. The van der Waals surface area contributed by atoms with E-state index in [1.807, 2.05) is 10.8 Å². The van der Waals surface area contributed by atoms with Gasteiger partial charge in [-0.1, -0.05) is 18.2 Å². The lowest BCUT2D eigenvalue weighted by Gasteiger charge is -2.17. The van der Waals surface area contributed by atoms with Crippen LogP contribution in [0, 0.1) is 11.3 Å². The summed E-state index contributed by atoms with van der Waals surface area (Å²) in [6.45, 7) is 1.17. The van der Waals surface area contributed by atoms with Crippen LogP contribution in [0.3, 0.4) is 0 Å². The highest BCUT2D eigenvalue weighted by Crippen LogP contribution is 2.11. The Morgan fingerprint density at radius 1 is 1.45 bits per heavy atom. The lowest BCUT2D eigenvalue weighted by atomic mass is 10.1. The quantitative estimate of drug-likeness (QED) is 0.668. The SMILES string of the molecule is C[C@@H](O)[C@H](NS(=O)(=O)Cc1ccccc1C#N)C(=O)O. The van der Waals surface area contributed by atoms with Crippen LogP contribution in [0.1, 0.15) is 18.1 Å². The maximum absolute atomic E-state index is 11.9. The molecule has 0 aliphatic heterocycles. The third kappa shape index (κ3) is 4.31. The zero-order chi connectivity index (χ0) is 15.3. The summed E-state index contributed by atoms with van der Waals surface area (Å²) in [6, 6.07) is 6.34. The molecule has 0 spiro atoms. The molecule has 1 aromatic carbocycles. The summed E-state index contributed by atoms with van der Waals surface area (Å²) in [7, 11) is -4.00. The summed E-state index contributed by atoms with van der Waals surface area (Å²) in [4.78, 5) is 10.9. The minimum Gasteiger partial charge on any atom is -0.480 e. The van der Waals surface area contributed by atoms with Crippen molar-refractivity contribution >= 4 is 16.0 Å². The van der Waals surface area contributed by atoms with Crippen LogP contribution in [0.15, 0.2) is 24.3 Å². The van der Waals surface area contributed by atoms with Gasteiger partial charge in [-0.15, -0.1) is 0 Å².